The molecule has 1 aromatic carbocycles. The van der Waals surface area contributed by atoms with Crippen LogP contribution in [-0.4, -0.2) is 27.6 Å². The molecule has 0 radical (unpaired) electrons. The van der Waals surface area contributed by atoms with Gasteiger partial charge in [0.1, 0.15) is 0 Å². The molecule has 1 aliphatic rings. The zero-order chi connectivity index (χ0) is 16.4. The molecular weight excluding hydrogens is 302 g/mol. The highest BCUT2D eigenvalue weighted by Gasteiger charge is 2.21. The van der Waals surface area contributed by atoms with Gasteiger partial charge in [-0.1, -0.05) is 18.2 Å². The van der Waals surface area contributed by atoms with E-state index in [2.05, 4.69) is 37.5 Å². The Balaban J connectivity index is 1.51. The number of benzene rings is 1. The van der Waals surface area contributed by atoms with Crippen LogP contribution in [-0.2, 0) is 6.42 Å². The first-order chi connectivity index (χ1) is 11.8. The van der Waals surface area contributed by atoms with Gasteiger partial charge in [-0.2, -0.15) is 0 Å². The van der Waals surface area contributed by atoms with Crippen LogP contribution >= 0.6 is 0 Å². The molecule has 0 unspecified atom stereocenters. The Morgan fingerprint density at radius 1 is 1.04 bits per heavy atom. The summed E-state index contributed by atoms with van der Waals surface area (Å²) in [5.74, 6) is 0.941. The Labute approximate surface area is 139 Å². The Kier molecular flexibility index (Phi) is 3.63. The number of fused-ring (bicyclic) bond motifs is 1. The van der Waals surface area contributed by atoms with E-state index in [1.807, 2.05) is 18.2 Å². The van der Waals surface area contributed by atoms with Crippen molar-refractivity contribution in [2.45, 2.75) is 6.42 Å². The Hall–Kier alpha value is -3.28. The monoisotopic (exact) mass is 317 g/mol. The molecular formula is C18H15N5O. The van der Waals surface area contributed by atoms with Crippen molar-refractivity contribution in [1.29, 1.82) is 0 Å². The van der Waals surface area contributed by atoms with Gasteiger partial charge in [-0.3, -0.25) is 9.78 Å². The maximum Gasteiger partial charge on any atom is 0.258 e. The van der Waals surface area contributed by atoms with E-state index in [4.69, 9.17) is 0 Å². The van der Waals surface area contributed by atoms with Gasteiger partial charge in [0.25, 0.3) is 5.91 Å². The highest BCUT2D eigenvalue weighted by molar-refractivity contribution is 6.03. The summed E-state index contributed by atoms with van der Waals surface area (Å²) < 4.78 is 0. The number of rotatable bonds is 3. The number of aromatic nitrogens is 3. The molecule has 3 heterocycles. The van der Waals surface area contributed by atoms with Crippen molar-refractivity contribution >= 4 is 23.2 Å². The van der Waals surface area contributed by atoms with Crippen LogP contribution in [0.4, 0.5) is 17.3 Å². The van der Waals surface area contributed by atoms with Crippen LogP contribution in [0.3, 0.4) is 0 Å². The molecule has 2 aromatic heterocycles. The molecule has 0 aliphatic carbocycles. The molecule has 1 aliphatic heterocycles. The van der Waals surface area contributed by atoms with Crippen molar-refractivity contribution in [2.24, 2.45) is 0 Å². The SMILES string of the molecule is O=C(Nc1ccc(N2CCc3ccccc32)nn1)c1cccnc1. The van der Waals surface area contributed by atoms with Gasteiger partial charge in [-0.25, -0.2) is 0 Å². The van der Waals surface area contributed by atoms with Crippen LogP contribution < -0.4 is 10.2 Å². The molecule has 24 heavy (non-hydrogen) atoms. The molecule has 118 valence electrons. The van der Waals surface area contributed by atoms with E-state index in [-0.39, 0.29) is 5.91 Å². The molecule has 0 fully saturated rings. The van der Waals surface area contributed by atoms with Crippen molar-refractivity contribution in [3.8, 4) is 0 Å². The lowest BCUT2D eigenvalue weighted by Crippen LogP contribution is -2.17. The highest BCUT2D eigenvalue weighted by Crippen LogP contribution is 2.32. The smallest absolute Gasteiger partial charge is 0.258 e. The first-order valence-corrected chi connectivity index (χ1v) is 7.72. The first kappa shape index (κ1) is 14.3. The number of hydrogen-bond acceptors (Lipinski definition) is 5. The summed E-state index contributed by atoms with van der Waals surface area (Å²) in [6, 6.07) is 15.3. The lowest BCUT2D eigenvalue weighted by Gasteiger charge is -2.17. The van der Waals surface area contributed by atoms with Crippen LogP contribution in [0.2, 0.25) is 0 Å². The fourth-order valence-corrected chi connectivity index (χ4v) is 2.80. The number of para-hydroxylation sites is 1. The molecule has 6 nitrogen and oxygen atoms in total. The Bertz CT molecular complexity index is 864. The van der Waals surface area contributed by atoms with Gasteiger partial charge in [0.05, 0.1) is 5.56 Å². The van der Waals surface area contributed by atoms with Crippen LogP contribution in [0, 0.1) is 0 Å². The minimum Gasteiger partial charge on any atom is -0.324 e. The fourth-order valence-electron chi connectivity index (χ4n) is 2.80. The predicted octanol–water partition coefficient (Wildman–Crippen LogP) is 2.82. The summed E-state index contributed by atoms with van der Waals surface area (Å²) in [6.07, 6.45) is 4.13. The van der Waals surface area contributed by atoms with E-state index in [1.165, 1.54) is 17.4 Å². The van der Waals surface area contributed by atoms with E-state index in [1.54, 1.807) is 24.4 Å². The third-order valence-corrected chi connectivity index (χ3v) is 3.98. The van der Waals surface area contributed by atoms with Crippen molar-refractivity contribution < 1.29 is 4.79 Å². The van der Waals surface area contributed by atoms with Gasteiger partial charge in [0.15, 0.2) is 11.6 Å². The normalized spacial score (nSPS) is 12.8. The summed E-state index contributed by atoms with van der Waals surface area (Å²) in [4.78, 5) is 18.2. The summed E-state index contributed by atoms with van der Waals surface area (Å²) in [5.41, 5.74) is 2.96. The van der Waals surface area contributed by atoms with Gasteiger partial charge < -0.3 is 10.2 Å². The number of anilines is 3. The Morgan fingerprint density at radius 2 is 1.96 bits per heavy atom. The van der Waals surface area contributed by atoms with E-state index in [0.29, 0.717) is 11.4 Å². The zero-order valence-corrected chi connectivity index (χ0v) is 12.9. The molecule has 4 rings (SSSR count). The lowest BCUT2D eigenvalue weighted by atomic mass is 10.2. The third-order valence-electron chi connectivity index (χ3n) is 3.98. The molecule has 6 heteroatoms. The second-order valence-corrected chi connectivity index (χ2v) is 5.50. The topological polar surface area (TPSA) is 71.0 Å². The van der Waals surface area contributed by atoms with Gasteiger partial charge in [-0.05, 0) is 42.3 Å². The quantitative estimate of drug-likeness (QED) is 0.804. The molecule has 0 atom stereocenters. The number of hydrogen-bond donors (Lipinski definition) is 1. The number of carbonyl (C=O) groups excluding carboxylic acids is 1. The standard InChI is InChI=1S/C18H15N5O/c24-18(14-5-3-10-19-12-14)20-16-7-8-17(22-21-16)23-11-9-13-4-1-2-6-15(13)23/h1-8,10,12H,9,11H2,(H,20,21,24). The maximum atomic E-state index is 12.1. The Morgan fingerprint density at radius 3 is 2.75 bits per heavy atom. The van der Waals surface area contributed by atoms with Gasteiger partial charge >= 0.3 is 0 Å². The molecule has 0 saturated heterocycles. The minimum absolute atomic E-state index is 0.253. The lowest BCUT2D eigenvalue weighted by molar-refractivity contribution is 0.102. The number of pyridine rings is 1. The maximum absolute atomic E-state index is 12.1. The number of nitrogens with one attached hydrogen (secondary N) is 1. The first-order valence-electron chi connectivity index (χ1n) is 7.72. The third kappa shape index (κ3) is 2.69. The van der Waals surface area contributed by atoms with E-state index in [9.17, 15) is 4.79 Å². The average molecular weight is 317 g/mol. The second-order valence-electron chi connectivity index (χ2n) is 5.50. The predicted molar refractivity (Wildman–Crippen MR) is 91.4 cm³/mol. The fraction of sp³-hybridized carbons (Fsp3) is 0.111. The van der Waals surface area contributed by atoms with Crippen molar-refractivity contribution in [3.05, 3.63) is 72.1 Å². The molecule has 1 N–H and O–H groups in total. The van der Waals surface area contributed by atoms with E-state index in [0.717, 1.165) is 18.8 Å². The van der Waals surface area contributed by atoms with Gasteiger partial charge in [0.2, 0.25) is 0 Å². The van der Waals surface area contributed by atoms with E-state index < -0.39 is 0 Å². The average Bonchev–Trinajstić information content (AvgIpc) is 3.07. The number of amides is 1. The van der Waals surface area contributed by atoms with Crippen molar-refractivity contribution in [2.75, 3.05) is 16.8 Å². The summed E-state index contributed by atoms with van der Waals surface area (Å²) in [5, 5.41) is 11.1. The van der Waals surface area contributed by atoms with Gasteiger partial charge in [0, 0.05) is 24.6 Å². The van der Waals surface area contributed by atoms with Gasteiger partial charge in [-0.15, -0.1) is 10.2 Å². The highest BCUT2D eigenvalue weighted by atomic mass is 16.1. The van der Waals surface area contributed by atoms with Crippen LogP contribution in [0.25, 0.3) is 0 Å². The minimum atomic E-state index is -0.253. The summed E-state index contributed by atoms with van der Waals surface area (Å²) in [7, 11) is 0. The molecule has 0 saturated carbocycles. The van der Waals surface area contributed by atoms with Crippen LogP contribution in [0.1, 0.15) is 15.9 Å². The van der Waals surface area contributed by atoms with Crippen LogP contribution in [0.15, 0.2) is 60.9 Å². The molecule has 1 amide bonds. The van der Waals surface area contributed by atoms with Crippen LogP contribution in [0.5, 0.6) is 0 Å². The number of nitrogens with zero attached hydrogens (tertiary/aromatic N) is 4. The zero-order valence-electron chi connectivity index (χ0n) is 12.9. The molecule has 0 spiro atoms. The summed E-state index contributed by atoms with van der Waals surface area (Å²) >= 11 is 0. The number of carbonyl (C=O) groups is 1. The largest absolute Gasteiger partial charge is 0.324 e. The van der Waals surface area contributed by atoms with Crippen molar-refractivity contribution in [1.82, 2.24) is 15.2 Å². The molecule has 3 aromatic rings. The summed E-state index contributed by atoms with van der Waals surface area (Å²) in [6.45, 7) is 0.884. The second kappa shape index (κ2) is 6.08. The van der Waals surface area contributed by atoms with Crippen molar-refractivity contribution in [3.63, 3.8) is 0 Å². The van der Waals surface area contributed by atoms with E-state index >= 15 is 0 Å². The molecule has 0 bridgehead atoms.